The molecule has 1 nitrogen and oxygen atoms in total. The lowest BCUT2D eigenvalue weighted by atomic mass is 9.90. The van der Waals surface area contributed by atoms with Gasteiger partial charge in [-0.15, -0.1) is 17.0 Å². The maximum Gasteiger partial charge on any atom is 0.0427 e. The molecule has 0 bridgehead atoms. The van der Waals surface area contributed by atoms with Crippen LogP contribution >= 0.6 is 17.0 Å². The molecule has 2 heteroatoms. The first-order chi connectivity index (χ1) is 8.42. The molecule has 0 unspecified atom stereocenters. The van der Waals surface area contributed by atoms with Crippen LogP contribution in [0.3, 0.4) is 0 Å². The van der Waals surface area contributed by atoms with Crippen LogP contribution < -0.4 is 0 Å². The summed E-state index contributed by atoms with van der Waals surface area (Å²) in [6.45, 7) is 2.18. The summed E-state index contributed by atoms with van der Waals surface area (Å²) in [5, 5.41) is 0. The maximum atomic E-state index is 2.43. The van der Waals surface area contributed by atoms with E-state index in [2.05, 4.69) is 47.5 Å². The molecule has 0 spiro atoms. The lowest BCUT2D eigenvalue weighted by Gasteiger charge is -2.30. The molecule has 0 saturated heterocycles. The fraction of sp³-hybridized carbons (Fsp3) is 0.375. The Hall–Kier alpha value is -1.02. The first-order valence-corrected chi connectivity index (χ1v) is 6.59. The predicted molar refractivity (Wildman–Crippen MR) is 81.8 cm³/mol. The third-order valence-corrected chi connectivity index (χ3v) is 3.74. The van der Waals surface area contributed by atoms with Crippen molar-refractivity contribution in [3.8, 4) is 0 Å². The Morgan fingerprint density at radius 2 is 1.78 bits per heavy atom. The minimum absolute atomic E-state index is 0. The first kappa shape index (κ1) is 13.4. The number of hydrogen-bond donors (Lipinski definition) is 0. The summed E-state index contributed by atoms with van der Waals surface area (Å²) in [5.41, 5.74) is 4.69. The summed E-state index contributed by atoms with van der Waals surface area (Å²) in [6, 6.07) is 10.7. The van der Waals surface area contributed by atoms with Crippen LogP contribution in [0, 0.1) is 0 Å². The Morgan fingerprint density at radius 1 is 1.00 bits per heavy atom. The van der Waals surface area contributed by atoms with Gasteiger partial charge in [0.15, 0.2) is 0 Å². The predicted octanol–water partition coefficient (Wildman–Crippen LogP) is 4.46. The van der Waals surface area contributed by atoms with Crippen molar-refractivity contribution in [2.75, 3.05) is 6.54 Å². The Bertz CT molecular complexity index is 447. The van der Waals surface area contributed by atoms with Crippen LogP contribution in [0.2, 0.25) is 0 Å². The minimum atomic E-state index is 0. The lowest BCUT2D eigenvalue weighted by molar-refractivity contribution is 0.381. The van der Waals surface area contributed by atoms with Gasteiger partial charge in [-0.1, -0.05) is 30.3 Å². The average Bonchev–Trinajstić information content (AvgIpc) is 2.40. The fourth-order valence-electron chi connectivity index (χ4n) is 2.79. The van der Waals surface area contributed by atoms with Gasteiger partial charge in [0, 0.05) is 13.1 Å². The maximum absolute atomic E-state index is 2.43. The molecule has 18 heavy (non-hydrogen) atoms. The monoisotopic (exact) mass is 305 g/mol. The van der Waals surface area contributed by atoms with Crippen molar-refractivity contribution in [3.05, 3.63) is 59.3 Å². The molecule has 0 fully saturated rings. The zero-order chi connectivity index (χ0) is 11.5. The Labute approximate surface area is 120 Å². The van der Waals surface area contributed by atoms with Gasteiger partial charge in [-0.2, -0.15) is 0 Å². The van der Waals surface area contributed by atoms with E-state index in [0.717, 1.165) is 13.1 Å². The van der Waals surface area contributed by atoms with Crippen molar-refractivity contribution < 1.29 is 0 Å². The SMILES string of the molecule is Br.C1=CN(Cc2ccccc2)CC2=C1CCCC2. The smallest absolute Gasteiger partial charge is 0.0427 e. The number of rotatable bonds is 2. The summed E-state index contributed by atoms with van der Waals surface area (Å²) >= 11 is 0. The summed E-state index contributed by atoms with van der Waals surface area (Å²) < 4.78 is 0. The molecule has 0 N–H and O–H groups in total. The van der Waals surface area contributed by atoms with E-state index in [1.54, 1.807) is 11.1 Å². The lowest BCUT2D eigenvalue weighted by Crippen LogP contribution is -2.24. The van der Waals surface area contributed by atoms with Crippen molar-refractivity contribution >= 4 is 17.0 Å². The van der Waals surface area contributed by atoms with Crippen molar-refractivity contribution in [1.29, 1.82) is 0 Å². The van der Waals surface area contributed by atoms with Gasteiger partial charge in [0.2, 0.25) is 0 Å². The van der Waals surface area contributed by atoms with E-state index in [4.69, 9.17) is 0 Å². The zero-order valence-corrected chi connectivity index (χ0v) is 12.4. The van der Waals surface area contributed by atoms with E-state index in [1.165, 1.54) is 31.2 Å². The van der Waals surface area contributed by atoms with Crippen LogP contribution in [-0.2, 0) is 6.54 Å². The van der Waals surface area contributed by atoms with Gasteiger partial charge >= 0.3 is 0 Å². The summed E-state index contributed by atoms with van der Waals surface area (Å²) in [5.74, 6) is 0. The van der Waals surface area contributed by atoms with Crippen LogP contribution in [0.5, 0.6) is 0 Å². The van der Waals surface area contributed by atoms with Crippen molar-refractivity contribution in [2.24, 2.45) is 0 Å². The number of hydrogen-bond acceptors (Lipinski definition) is 1. The van der Waals surface area contributed by atoms with Gasteiger partial charge in [-0.3, -0.25) is 0 Å². The molecule has 0 atom stereocenters. The highest BCUT2D eigenvalue weighted by molar-refractivity contribution is 8.93. The highest BCUT2D eigenvalue weighted by Gasteiger charge is 2.16. The van der Waals surface area contributed by atoms with E-state index < -0.39 is 0 Å². The van der Waals surface area contributed by atoms with Crippen molar-refractivity contribution in [1.82, 2.24) is 4.90 Å². The Morgan fingerprint density at radius 3 is 2.61 bits per heavy atom. The summed E-state index contributed by atoms with van der Waals surface area (Å²) in [4.78, 5) is 2.43. The molecule has 0 amide bonds. The number of nitrogens with zero attached hydrogens (tertiary/aromatic N) is 1. The molecule has 1 aliphatic carbocycles. The third-order valence-electron chi connectivity index (χ3n) is 3.74. The van der Waals surface area contributed by atoms with E-state index >= 15 is 0 Å². The molecule has 96 valence electrons. The molecule has 1 aromatic carbocycles. The molecule has 0 aromatic heterocycles. The second-order valence-corrected chi connectivity index (χ2v) is 5.04. The Balaban J connectivity index is 0.00000120. The summed E-state index contributed by atoms with van der Waals surface area (Å²) in [6.07, 6.45) is 9.97. The van der Waals surface area contributed by atoms with E-state index in [9.17, 15) is 0 Å². The summed E-state index contributed by atoms with van der Waals surface area (Å²) in [7, 11) is 0. The van der Waals surface area contributed by atoms with Crippen LogP contribution in [-0.4, -0.2) is 11.4 Å². The van der Waals surface area contributed by atoms with Crippen LogP contribution in [0.1, 0.15) is 31.2 Å². The van der Waals surface area contributed by atoms with E-state index in [0.29, 0.717) is 0 Å². The number of benzene rings is 1. The van der Waals surface area contributed by atoms with E-state index in [-0.39, 0.29) is 17.0 Å². The second kappa shape index (κ2) is 6.24. The zero-order valence-electron chi connectivity index (χ0n) is 10.6. The van der Waals surface area contributed by atoms with Gasteiger partial charge in [0.05, 0.1) is 0 Å². The highest BCUT2D eigenvalue weighted by Crippen LogP contribution is 2.29. The van der Waals surface area contributed by atoms with Crippen LogP contribution in [0.15, 0.2) is 53.8 Å². The molecular weight excluding hydrogens is 286 g/mol. The molecule has 1 heterocycles. The third kappa shape index (κ3) is 3.05. The molecule has 1 aliphatic heterocycles. The molecule has 3 rings (SSSR count). The standard InChI is InChI=1S/C16H19N.BrH/c1-2-6-14(7-3-1)12-17-11-10-15-8-4-5-9-16(15)13-17;/h1-3,6-7,10-11H,4-5,8-9,12-13H2;1H. The van der Waals surface area contributed by atoms with E-state index in [1.807, 2.05) is 0 Å². The van der Waals surface area contributed by atoms with Crippen LogP contribution in [0.25, 0.3) is 0 Å². The quantitative estimate of drug-likeness (QED) is 0.779. The molecular formula is C16H20BrN. The normalized spacial score (nSPS) is 18.3. The fourth-order valence-corrected chi connectivity index (χ4v) is 2.79. The number of allylic oxidation sites excluding steroid dienone is 2. The van der Waals surface area contributed by atoms with Crippen molar-refractivity contribution in [2.45, 2.75) is 32.2 Å². The van der Waals surface area contributed by atoms with Crippen LogP contribution in [0.4, 0.5) is 0 Å². The molecule has 0 radical (unpaired) electrons. The van der Waals surface area contributed by atoms with Gasteiger partial charge in [0.25, 0.3) is 0 Å². The van der Waals surface area contributed by atoms with Crippen molar-refractivity contribution in [3.63, 3.8) is 0 Å². The van der Waals surface area contributed by atoms with Gasteiger partial charge < -0.3 is 4.90 Å². The largest absolute Gasteiger partial charge is 0.369 e. The molecule has 1 aromatic rings. The number of halogens is 1. The first-order valence-electron chi connectivity index (χ1n) is 6.59. The molecule has 0 saturated carbocycles. The molecule has 2 aliphatic rings. The second-order valence-electron chi connectivity index (χ2n) is 5.04. The topological polar surface area (TPSA) is 3.24 Å². The average molecular weight is 306 g/mol. The Kier molecular flexibility index (Phi) is 4.65. The van der Waals surface area contributed by atoms with Gasteiger partial charge in [-0.25, -0.2) is 0 Å². The van der Waals surface area contributed by atoms with Gasteiger partial charge in [-0.05, 0) is 54.7 Å². The van der Waals surface area contributed by atoms with Gasteiger partial charge in [0.1, 0.15) is 0 Å². The highest BCUT2D eigenvalue weighted by atomic mass is 79.9. The minimum Gasteiger partial charge on any atom is -0.369 e.